The Morgan fingerprint density at radius 1 is 1.05 bits per heavy atom. The third kappa shape index (κ3) is 5.15. The topological polar surface area (TPSA) is 64.4 Å². The molecule has 0 aliphatic carbocycles. The van der Waals surface area contributed by atoms with Crippen molar-refractivity contribution in [2.75, 3.05) is 19.6 Å². The highest BCUT2D eigenvalue weighted by Crippen LogP contribution is 2.14. The van der Waals surface area contributed by atoms with Crippen LogP contribution in [-0.2, 0) is 9.59 Å². The standard InChI is InChI=1S/C17H21N3O2/c1-3-5-7-9-16(21)19-11-12-20(15(13-18)14-19)17(22)10-8-6-4-2/h1-2,15H,5-12,14H2. The first-order valence-corrected chi connectivity index (χ1v) is 7.47. The first kappa shape index (κ1) is 17.6. The van der Waals surface area contributed by atoms with Crippen molar-refractivity contribution in [2.24, 2.45) is 0 Å². The molecular weight excluding hydrogens is 278 g/mol. The van der Waals surface area contributed by atoms with Gasteiger partial charge in [-0.1, -0.05) is 0 Å². The van der Waals surface area contributed by atoms with Crippen LogP contribution in [0.1, 0.15) is 38.5 Å². The van der Waals surface area contributed by atoms with E-state index in [1.54, 1.807) is 9.80 Å². The highest BCUT2D eigenvalue weighted by molar-refractivity contribution is 5.79. The van der Waals surface area contributed by atoms with E-state index in [-0.39, 0.29) is 18.4 Å². The average molecular weight is 299 g/mol. The number of nitriles is 1. The molecule has 1 fully saturated rings. The van der Waals surface area contributed by atoms with Gasteiger partial charge in [-0.15, -0.1) is 24.7 Å². The van der Waals surface area contributed by atoms with E-state index in [2.05, 4.69) is 17.9 Å². The van der Waals surface area contributed by atoms with Crippen LogP contribution in [0.5, 0.6) is 0 Å². The van der Waals surface area contributed by atoms with E-state index in [1.165, 1.54) is 0 Å². The number of hydrogen-bond donors (Lipinski definition) is 0. The molecule has 1 aliphatic heterocycles. The maximum absolute atomic E-state index is 12.1. The summed E-state index contributed by atoms with van der Waals surface area (Å²) in [5.74, 6) is 4.92. The zero-order valence-corrected chi connectivity index (χ0v) is 12.8. The molecule has 1 atom stereocenters. The minimum atomic E-state index is -0.580. The van der Waals surface area contributed by atoms with Crippen LogP contribution < -0.4 is 0 Å². The summed E-state index contributed by atoms with van der Waals surface area (Å²) in [5.41, 5.74) is 0. The summed E-state index contributed by atoms with van der Waals surface area (Å²) in [5, 5.41) is 9.25. The van der Waals surface area contributed by atoms with E-state index in [4.69, 9.17) is 12.8 Å². The fourth-order valence-electron chi connectivity index (χ4n) is 2.40. The number of piperazine rings is 1. The van der Waals surface area contributed by atoms with Gasteiger partial charge in [0.05, 0.1) is 12.6 Å². The highest BCUT2D eigenvalue weighted by atomic mass is 16.2. The SMILES string of the molecule is C#CCCCC(=O)N1CCN(C(=O)CCCC#C)C(C#N)C1. The number of carbonyl (C=O) groups excluding carboxylic acids is 2. The van der Waals surface area contributed by atoms with Crippen molar-refractivity contribution in [1.82, 2.24) is 9.80 Å². The van der Waals surface area contributed by atoms with Crippen LogP contribution in [0.15, 0.2) is 0 Å². The van der Waals surface area contributed by atoms with Crippen LogP contribution in [-0.4, -0.2) is 47.3 Å². The molecule has 0 aromatic heterocycles. The molecule has 0 aromatic carbocycles. The molecule has 0 bridgehead atoms. The summed E-state index contributed by atoms with van der Waals surface area (Å²) >= 11 is 0. The maximum Gasteiger partial charge on any atom is 0.223 e. The molecule has 0 saturated carbocycles. The number of nitrogens with zero attached hydrogens (tertiary/aromatic N) is 3. The first-order chi connectivity index (χ1) is 10.6. The van der Waals surface area contributed by atoms with Gasteiger partial charge in [0, 0.05) is 38.8 Å². The molecule has 1 unspecified atom stereocenters. The Morgan fingerprint density at radius 3 is 2.18 bits per heavy atom. The van der Waals surface area contributed by atoms with Gasteiger partial charge in [-0.3, -0.25) is 9.59 Å². The molecule has 1 heterocycles. The monoisotopic (exact) mass is 299 g/mol. The van der Waals surface area contributed by atoms with Crippen molar-refractivity contribution in [3.63, 3.8) is 0 Å². The predicted octanol–water partition coefficient (Wildman–Crippen LogP) is 1.16. The number of terminal acetylenes is 2. The van der Waals surface area contributed by atoms with Crippen LogP contribution in [0.25, 0.3) is 0 Å². The number of hydrogen-bond acceptors (Lipinski definition) is 3. The first-order valence-electron chi connectivity index (χ1n) is 7.47. The predicted molar refractivity (Wildman–Crippen MR) is 83.1 cm³/mol. The summed E-state index contributed by atoms with van der Waals surface area (Å²) in [6.07, 6.45) is 13.5. The maximum atomic E-state index is 12.1. The second-order valence-electron chi connectivity index (χ2n) is 5.19. The van der Waals surface area contributed by atoms with Crippen molar-refractivity contribution in [3.8, 4) is 30.8 Å². The van der Waals surface area contributed by atoms with Crippen LogP contribution in [0.4, 0.5) is 0 Å². The van der Waals surface area contributed by atoms with Gasteiger partial charge < -0.3 is 9.80 Å². The summed E-state index contributed by atoms with van der Waals surface area (Å²) in [6, 6.07) is 1.54. The van der Waals surface area contributed by atoms with Crippen LogP contribution in [0.3, 0.4) is 0 Å². The third-order valence-corrected chi connectivity index (χ3v) is 3.63. The molecule has 1 saturated heterocycles. The second kappa shape index (κ2) is 9.48. The normalized spacial score (nSPS) is 17.2. The Balaban J connectivity index is 2.52. The lowest BCUT2D eigenvalue weighted by atomic mass is 10.1. The molecule has 2 amide bonds. The number of carbonyl (C=O) groups is 2. The zero-order valence-electron chi connectivity index (χ0n) is 12.8. The Labute approximate surface area is 132 Å². The molecule has 5 heteroatoms. The van der Waals surface area contributed by atoms with E-state index < -0.39 is 6.04 Å². The Morgan fingerprint density at radius 2 is 1.64 bits per heavy atom. The lowest BCUT2D eigenvalue weighted by Gasteiger charge is -2.38. The van der Waals surface area contributed by atoms with Crippen molar-refractivity contribution in [1.29, 1.82) is 5.26 Å². The third-order valence-electron chi connectivity index (χ3n) is 3.63. The number of unbranched alkanes of at least 4 members (excludes halogenated alkanes) is 2. The Bertz CT molecular complexity index is 521. The van der Waals surface area contributed by atoms with Crippen molar-refractivity contribution in [3.05, 3.63) is 0 Å². The van der Waals surface area contributed by atoms with E-state index in [1.807, 2.05) is 0 Å². The van der Waals surface area contributed by atoms with E-state index in [0.29, 0.717) is 51.6 Å². The molecule has 5 nitrogen and oxygen atoms in total. The fraction of sp³-hybridized carbons (Fsp3) is 0.588. The van der Waals surface area contributed by atoms with Crippen LogP contribution in [0, 0.1) is 36.0 Å². The molecule has 0 spiro atoms. The summed E-state index contributed by atoms with van der Waals surface area (Å²) < 4.78 is 0. The van der Waals surface area contributed by atoms with E-state index >= 15 is 0 Å². The molecule has 0 N–H and O–H groups in total. The van der Waals surface area contributed by atoms with E-state index in [9.17, 15) is 14.9 Å². The molecule has 1 aliphatic rings. The highest BCUT2D eigenvalue weighted by Gasteiger charge is 2.31. The number of amides is 2. The largest absolute Gasteiger partial charge is 0.338 e. The Hall–Kier alpha value is -2.45. The quantitative estimate of drug-likeness (QED) is 0.546. The fourth-order valence-corrected chi connectivity index (χ4v) is 2.40. The molecule has 1 rings (SSSR count). The van der Waals surface area contributed by atoms with Gasteiger partial charge in [0.1, 0.15) is 6.04 Å². The summed E-state index contributed by atoms with van der Waals surface area (Å²) in [7, 11) is 0. The summed E-state index contributed by atoms with van der Waals surface area (Å²) in [4.78, 5) is 27.4. The minimum Gasteiger partial charge on any atom is -0.338 e. The van der Waals surface area contributed by atoms with E-state index in [0.717, 1.165) is 0 Å². The zero-order chi connectivity index (χ0) is 16.4. The number of rotatable bonds is 6. The van der Waals surface area contributed by atoms with Gasteiger partial charge in [0.25, 0.3) is 0 Å². The van der Waals surface area contributed by atoms with Gasteiger partial charge in [0.15, 0.2) is 0 Å². The minimum absolute atomic E-state index is 0.00469. The summed E-state index contributed by atoms with van der Waals surface area (Å²) in [6.45, 7) is 1.13. The Kier molecular flexibility index (Phi) is 7.58. The van der Waals surface area contributed by atoms with Gasteiger partial charge in [-0.2, -0.15) is 5.26 Å². The van der Waals surface area contributed by atoms with Crippen LogP contribution >= 0.6 is 0 Å². The van der Waals surface area contributed by atoms with Crippen molar-refractivity contribution < 1.29 is 9.59 Å². The van der Waals surface area contributed by atoms with Crippen molar-refractivity contribution >= 4 is 11.8 Å². The molecule has 0 aromatic rings. The molecule has 0 radical (unpaired) electrons. The van der Waals surface area contributed by atoms with Crippen molar-refractivity contribution in [2.45, 2.75) is 44.6 Å². The second-order valence-corrected chi connectivity index (χ2v) is 5.19. The molecule has 116 valence electrons. The molecular formula is C17H21N3O2. The van der Waals surface area contributed by atoms with Gasteiger partial charge in [0.2, 0.25) is 11.8 Å². The molecule has 22 heavy (non-hydrogen) atoms. The lowest BCUT2D eigenvalue weighted by Crippen LogP contribution is -2.56. The average Bonchev–Trinajstić information content (AvgIpc) is 2.54. The van der Waals surface area contributed by atoms with Crippen LogP contribution in [0.2, 0.25) is 0 Å². The van der Waals surface area contributed by atoms with Gasteiger partial charge in [-0.25, -0.2) is 0 Å². The lowest BCUT2D eigenvalue weighted by molar-refractivity contribution is -0.141. The van der Waals surface area contributed by atoms with Gasteiger partial charge in [-0.05, 0) is 12.8 Å². The van der Waals surface area contributed by atoms with Gasteiger partial charge >= 0.3 is 0 Å². The smallest absolute Gasteiger partial charge is 0.223 e.